The van der Waals surface area contributed by atoms with Gasteiger partial charge in [-0.05, 0) is 26.0 Å². The number of hydrogen-bond acceptors (Lipinski definition) is 7. The number of thiazole rings is 1. The number of ether oxygens (including phenoxy) is 3. The maximum absolute atomic E-state index is 12.3. The van der Waals surface area contributed by atoms with Crippen LogP contribution in [0.5, 0.6) is 17.2 Å². The van der Waals surface area contributed by atoms with E-state index in [9.17, 15) is 4.79 Å². The van der Waals surface area contributed by atoms with Crippen LogP contribution in [-0.2, 0) is 0 Å². The topological polar surface area (TPSA) is 81.7 Å². The number of carbonyl (C=O) groups is 1. The van der Waals surface area contributed by atoms with Crippen LogP contribution in [0.15, 0.2) is 17.5 Å². The molecule has 1 aromatic carbocycles. The summed E-state index contributed by atoms with van der Waals surface area (Å²) in [5.41, 5.74) is 6.63. The van der Waals surface area contributed by atoms with Crippen molar-refractivity contribution in [3.05, 3.63) is 28.8 Å². The zero-order valence-corrected chi connectivity index (χ0v) is 14.2. The van der Waals surface area contributed by atoms with E-state index < -0.39 is 0 Å². The average Bonchev–Trinajstić information content (AvgIpc) is 2.98. The molecule has 0 spiro atoms. The number of nitrogens with zero attached hydrogens (tertiary/aromatic N) is 1. The van der Waals surface area contributed by atoms with E-state index in [2.05, 4.69) is 15.8 Å². The lowest BCUT2D eigenvalue weighted by Crippen LogP contribution is -2.29. The maximum Gasteiger partial charge on any atom is 0.269 e. The average molecular weight is 337 g/mol. The van der Waals surface area contributed by atoms with E-state index in [4.69, 9.17) is 14.2 Å². The summed E-state index contributed by atoms with van der Waals surface area (Å²) >= 11 is 1.40. The minimum absolute atomic E-state index is 0.336. The van der Waals surface area contributed by atoms with Gasteiger partial charge in [0.2, 0.25) is 10.9 Å². The molecule has 0 unspecified atom stereocenters. The Labute approximate surface area is 138 Å². The van der Waals surface area contributed by atoms with Crippen molar-refractivity contribution in [1.29, 1.82) is 0 Å². The number of aromatic nitrogens is 1. The first-order chi connectivity index (χ1) is 11.1. The highest BCUT2D eigenvalue weighted by Crippen LogP contribution is 2.38. The van der Waals surface area contributed by atoms with Crippen LogP contribution >= 0.6 is 11.3 Å². The minimum Gasteiger partial charge on any atom is -0.493 e. The van der Waals surface area contributed by atoms with Gasteiger partial charge in [0.1, 0.15) is 0 Å². The molecule has 0 saturated carbocycles. The van der Waals surface area contributed by atoms with Crippen molar-refractivity contribution < 1.29 is 19.0 Å². The van der Waals surface area contributed by atoms with Gasteiger partial charge in [0.05, 0.1) is 26.5 Å². The molecule has 0 aliphatic heterocycles. The molecule has 0 bridgehead atoms. The Hall–Kier alpha value is -2.48. The summed E-state index contributed by atoms with van der Waals surface area (Å²) in [6.07, 6.45) is 0. The Morgan fingerprint density at radius 1 is 1.26 bits per heavy atom. The van der Waals surface area contributed by atoms with Gasteiger partial charge in [-0.25, -0.2) is 4.98 Å². The van der Waals surface area contributed by atoms with Gasteiger partial charge in [0.15, 0.2) is 11.5 Å². The summed E-state index contributed by atoms with van der Waals surface area (Å²) in [5.74, 6) is 0.998. The van der Waals surface area contributed by atoms with Gasteiger partial charge in [-0.1, -0.05) is 0 Å². The van der Waals surface area contributed by atoms with Crippen LogP contribution in [0.1, 0.15) is 23.0 Å². The number of benzene rings is 1. The van der Waals surface area contributed by atoms with Crippen LogP contribution in [0.4, 0.5) is 5.13 Å². The molecule has 0 aliphatic rings. The second-order valence-corrected chi connectivity index (χ2v) is 5.37. The number of amides is 1. The van der Waals surface area contributed by atoms with E-state index in [1.807, 2.05) is 19.2 Å². The fourth-order valence-corrected chi connectivity index (χ4v) is 2.53. The number of aryl methyl sites for hydroxylation is 1. The molecule has 0 aliphatic carbocycles. The molecule has 124 valence electrons. The number of nitrogens with one attached hydrogen (secondary N) is 2. The number of rotatable bonds is 7. The normalized spacial score (nSPS) is 10.1. The smallest absolute Gasteiger partial charge is 0.269 e. The molecule has 23 heavy (non-hydrogen) atoms. The summed E-state index contributed by atoms with van der Waals surface area (Å²) in [7, 11) is 3.02. The van der Waals surface area contributed by atoms with E-state index in [1.165, 1.54) is 25.6 Å². The van der Waals surface area contributed by atoms with Crippen LogP contribution in [0.2, 0.25) is 0 Å². The SMILES string of the molecule is CCOc1c(OC)cc(C(=O)NNc2nc(C)cs2)cc1OC. The molecule has 0 radical (unpaired) electrons. The predicted octanol–water partition coefficient (Wildman–Crippen LogP) is 2.62. The zero-order valence-electron chi connectivity index (χ0n) is 13.4. The molecule has 0 saturated heterocycles. The number of carbonyl (C=O) groups excluding carboxylic acids is 1. The Morgan fingerprint density at radius 2 is 1.91 bits per heavy atom. The minimum atomic E-state index is -0.336. The summed E-state index contributed by atoms with van der Waals surface area (Å²) in [4.78, 5) is 16.5. The molecule has 2 rings (SSSR count). The van der Waals surface area contributed by atoms with Gasteiger partial charge >= 0.3 is 0 Å². The van der Waals surface area contributed by atoms with Crippen molar-refractivity contribution in [3.8, 4) is 17.2 Å². The summed E-state index contributed by atoms with van der Waals surface area (Å²) < 4.78 is 16.1. The van der Waals surface area contributed by atoms with E-state index in [1.54, 1.807) is 12.1 Å². The van der Waals surface area contributed by atoms with Crippen molar-refractivity contribution in [2.45, 2.75) is 13.8 Å². The number of methoxy groups -OCH3 is 2. The fraction of sp³-hybridized carbons (Fsp3) is 0.333. The van der Waals surface area contributed by atoms with Crippen molar-refractivity contribution in [2.75, 3.05) is 26.3 Å². The third kappa shape index (κ3) is 4.04. The lowest BCUT2D eigenvalue weighted by atomic mass is 10.1. The Kier molecular flexibility index (Phi) is 5.64. The number of hydrazine groups is 1. The van der Waals surface area contributed by atoms with E-state index in [0.29, 0.717) is 34.6 Å². The molecule has 1 amide bonds. The van der Waals surface area contributed by atoms with Crippen LogP contribution in [0, 0.1) is 6.92 Å². The van der Waals surface area contributed by atoms with Crippen molar-refractivity contribution in [2.24, 2.45) is 0 Å². The lowest BCUT2D eigenvalue weighted by Gasteiger charge is -2.15. The van der Waals surface area contributed by atoms with Gasteiger partial charge in [-0.2, -0.15) is 0 Å². The zero-order chi connectivity index (χ0) is 16.8. The highest BCUT2D eigenvalue weighted by molar-refractivity contribution is 7.13. The Morgan fingerprint density at radius 3 is 2.39 bits per heavy atom. The van der Waals surface area contributed by atoms with Crippen LogP contribution < -0.4 is 25.1 Å². The number of hydrogen-bond donors (Lipinski definition) is 2. The maximum atomic E-state index is 12.3. The molecular formula is C15H19N3O4S. The highest BCUT2D eigenvalue weighted by atomic mass is 32.1. The second kappa shape index (κ2) is 7.68. The third-order valence-corrected chi connectivity index (χ3v) is 3.79. The van der Waals surface area contributed by atoms with Crippen molar-refractivity contribution in [1.82, 2.24) is 10.4 Å². The Balaban J connectivity index is 2.19. The van der Waals surface area contributed by atoms with Crippen molar-refractivity contribution in [3.63, 3.8) is 0 Å². The molecule has 0 atom stereocenters. The fourth-order valence-electron chi connectivity index (χ4n) is 1.89. The van der Waals surface area contributed by atoms with Gasteiger partial charge in [0.25, 0.3) is 5.91 Å². The molecule has 0 fully saturated rings. The van der Waals surface area contributed by atoms with Gasteiger partial charge in [-0.3, -0.25) is 15.6 Å². The monoisotopic (exact) mass is 337 g/mol. The van der Waals surface area contributed by atoms with Crippen molar-refractivity contribution >= 4 is 22.4 Å². The first-order valence-electron chi connectivity index (χ1n) is 6.96. The lowest BCUT2D eigenvalue weighted by molar-refractivity contribution is 0.0962. The molecule has 1 heterocycles. The first kappa shape index (κ1) is 16.9. The van der Waals surface area contributed by atoms with Gasteiger partial charge in [-0.15, -0.1) is 11.3 Å². The van der Waals surface area contributed by atoms with Crippen LogP contribution in [0.25, 0.3) is 0 Å². The quantitative estimate of drug-likeness (QED) is 0.756. The molecule has 2 N–H and O–H groups in total. The van der Waals surface area contributed by atoms with E-state index in [0.717, 1.165) is 5.69 Å². The van der Waals surface area contributed by atoms with Gasteiger partial charge < -0.3 is 14.2 Å². The second-order valence-electron chi connectivity index (χ2n) is 4.52. The standard InChI is InChI=1S/C15H19N3O4S/c1-5-22-13-11(20-3)6-10(7-12(13)21-4)14(19)17-18-15-16-9(2)8-23-15/h6-8H,5H2,1-4H3,(H,16,18)(H,17,19). The largest absolute Gasteiger partial charge is 0.493 e. The highest BCUT2D eigenvalue weighted by Gasteiger charge is 2.17. The Bertz CT molecular complexity index is 662. The van der Waals surface area contributed by atoms with E-state index >= 15 is 0 Å². The summed E-state index contributed by atoms with van der Waals surface area (Å²) in [6, 6.07) is 3.19. The number of anilines is 1. The summed E-state index contributed by atoms with van der Waals surface area (Å²) in [5, 5.41) is 2.50. The third-order valence-electron chi connectivity index (χ3n) is 2.91. The van der Waals surface area contributed by atoms with Crippen LogP contribution in [0.3, 0.4) is 0 Å². The van der Waals surface area contributed by atoms with Crippen LogP contribution in [-0.4, -0.2) is 31.7 Å². The summed E-state index contributed by atoms with van der Waals surface area (Å²) in [6.45, 7) is 4.20. The van der Waals surface area contributed by atoms with Gasteiger partial charge in [0, 0.05) is 10.9 Å². The molecule has 1 aromatic heterocycles. The molecule has 7 nitrogen and oxygen atoms in total. The molecule has 2 aromatic rings. The molecule has 8 heteroatoms. The first-order valence-corrected chi connectivity index (χ1v) is 7.84. The molecular weight excluding hydrogens is 318 g/mol. The predicted molar refractivity (Wildman–Crippen MR) is 88.7 cm³/mol. The van der Waals surface area contributed by atoms with E-state index in [-0.39, 0.29) is 5.91 Å².